The van der Waals surface area contributed by atoms with E-state index in [4.69, 9.17) is 4.74 Å². The molecule has 11 heteroatoms. The second-order valence-corrected chi connectivity index (χ2v) is 12.5. The fraction of sp³-hybridized carbons (Fsp3) is 0.409. The molecule has 1 aliphatic carbocycles. The van der Waals surface area contributed by atoms with Crippen molar-refractivity contribution in [3.8, 4) is 11.5 Å². The molecule has 1 fully saturated rings. The first-order valence-electron chi connectivity index (χ1n) is 10.5. The Hall–Kier alpha value is -2.47. The highest BCUT2D eigenvalue weighted by atomic mass is 32.2. The lowest BCUT2D eigenvalue weighted by atomic mass is 9.76. The number of benzene rings is 2. The minimum atomic E-state index is -4.04. The smallest absolute Gasteiger partial charge is 0.264 e. The predicted octanol–water partition coefficient (Wildman–Crippen LogP) is 2.96. The summed E-state index contributed by atoms with van der Waals surface area (Å²) in [7, 11) is -7.36. The van der Waals surface area contributed by atoms with Gasteiger partial charge in [-0.25, -0.2) is 22.3 Å². The highest BCUT2D eigenvalue weighted by Crippen LogP contribution is 2.42. The van der Waals surface area contributed by atoms with Crippen LogP contribution in [0.4, 0.5) is 0 Å². The fourth-order valence-corrected chi connectivity index (χ4v) is 6.32. The number of hydroxylamine groups is 1. The molecule has 0 spiro atoms. The van der Waals surface area contributed by atoms with Gasteiger partial charge < -0.3 is 4.74 Å². The van der Waals surface area contributed by atoms with Crippen LogP contribution in [0.3, 0.4) is 0 Å². The van der Waals surface area contributed by atoms with Crippen LogP contribution in [0.15, 0.2) is 58.3 Å². The molecular formula is C22H28N2O7S2. The molecule has 180 valence electrons. The number of nitrogens with one attached hydrogen (secondary N) is 1. The third-order valence-corrected chi connectivity index (χ3v) is 8.69. The van der Waals surface area contributed by atoms with E-state index in [9.17, 15) is 26.8 Å². The average Bonchev–Trinajstić information content (AvgIpc) is 2.72. The molecule has 0 aliphatic heterocycles. The van der Waals surface area contributed by atoms with Crippen molar-refractivity contribution >= 4 is 25.8 Å². The van der Waals surface area contributed by atoms with Crippen molar-refractivity contribution in [3.63, 3.8) is 0 Å². The van der Waals surface area contributed by atoms with E-state index in [1.165, 1.54) is 52.8 Å². The van der Waals surface area contributed by atoms with Crippen LogP contribution in [-0.4, -0.2) is 50.6 Å². The first-order chi connectivity index (χ1) is 15.4. The van der Waals surface area contributed by atoms with Gasteiger partial charge >= 0.3 is 0 Å². The number of carbonyl (C=O) groups excluding carboxylic acids is 1. The van der Waals surface area contributed by atoms with Gasteiger partial charge in [0.15, 0.2) is 9.84 Å². The predicted molar refractivity (Wildman–Crippen MR) is 121 cm³/mol. The fourth-order valence-electron chi connectivity index (χ4n) is 3.74. The molecule has 3 rings (SSSR count). The highest BCUT2D eigenvalue weighted by molar-refractivity contribution is 7.90. The van der Waals surface area contributed by atoms with Crippen LogP contribution >= 0.6 is 0 Å². The first kappa shape index (κ1) is 25.2. The Labute approximate surface area is 194 Å². The van der Waals surface area contributed by atoms with E-state index in [-0.39, 0.29) is 22.3 Å². The lowest BCUT2D eigenvalue weighted by Gasteiger charge is -2.47. The number of nitrogens with zero attached hydrogens (tertiary/aromatic N) is 1. The zero-order valence-corrected chi connectivity index (χ0v) is 20.3. The molecule has 9 nitrogen and oxygen atoms in total. The molecule has 1 amide bonds. The van der Waals surface area contributed by atoms with Crippen LogP contribution in [0.5, 0.6) is 11.5 Å². The van der Waals surface area contributed by atoms with Crippen molar-refractivity contribution in [2.45, 2.75) is 48.4 Å². The third kappa shape index (κ3) is 5.21. The maximum Gasteiger partial charge on any atom is 0.264 e. The molecule has 2 aromatic carbocycles. The van der Waals surface area contributed by atoms with Gasteiger partial charge in [-0.2, -0.15) is 4.31 Å². The summed E-state index contributed by atoms with van der Waals surface area (Å²) in [5.74, 6) is -0.00729. The number of amides is 1. The highest BCUT2D eigenvalue weighted by Gasteiger charge is 2.54. The zero-order valence-electron chi connectivity index (χ0n) is 18.7. The van der Waals surface area contributed by atoms with Crippen LogP contribution in [0.2, 0.25) is 0 Å². The minimum Gasteiger partial charge on any atom is -0.457 e. The number of carbonyl (C=O) groups is 1. The normalized spacial score (nSPS) is 15.8. The Bertz CT molecular complexity index is 1200. The maximum absolute atomic E-state index is 13.5. The van der Waals surface area contributed by atoms with Gasteiger partial charge in [-0.1, -0.05) is 13.8 Å². The molecular weight excluding hydrogens is 468 g/mol. The van der Waals surface area contributed by atoms with E-state index in [1.54, 1.807) is 5.48 Å². The van der Waals surface area contributed by atoms with Crippen molar-refractivity contribution < 1.29 is 31.6 Å². The molecule has 2 N–H and O–H groups in total. The number of hydrogen-bond donors (Lipinski definition) is 2. The van der Waals surface area contributed by atoms with Crippen LogP contribution < -0.4 is 10.2 Å². The van der Waals surface area contributed by atoms with Gasteiger partial charge in [0.1, 0.15) is 17.0 Å². The maximum atomic E-state index is 13.5. The molecule has 0 unspecified atom stereocenters. The SMILES string of the molecule is CC(C)CN(C1(C(=O)NO)CCC1)S(=O)(=O)c1ccc(Oc2ccc(S(C)(=O)=O)cc2)cc1. The standard InChI is InChI=1S/C22H28N2O7S2/c1-16(2)15-24(22(13-4-14-22)21(25)23-26)33(29,30)20-11-7-18(8-12-20)31-17-5-9-19(10-6-17)32(3,27)28/h5-12,16,26H,4,13-15H2,1-3H3,(H,23,25). The Morgan fingerprint density at radius 2 is 1.48 bits per heavy atom. The van der Waals surface area contributed by atoms with Gasteiger partial charge in [0.05, 0.1) is 9.79 Å². The Morgan fingerprint density at radius 1 is 1.00 bits per heavy atom. The second-order valence-electron chi connectivity index (χ2n) is 8.57. The van der Waals surface area contributed by atoms with Crippen molar-refractivity contribution in [1.29, 1.82) is 0 Å². The van der Waals surface area contributed by atoms with Crippen molar-refractivity contribution in [1.82, 2.24) is 9.79 Å². The summed E-state index contributed by atoms with van der Waals surface area (Å²) in [5, 5.41) is 9.22. The van der Waals surface area contributed by atoms with Gasteiger partial charge in [-0.15, -0.1) is 0 Å². The van der Waals surface area contributed by atoms with E-state index in [2.05, 4.69) is 0 Å². The van der Waals surface area contributed by atoms with Gasteiger partial charge in [0, 0.05) is 12.8 Å². The van der Waals surface area contributed by atoms with Crippen LogP contribution in [0.1, 0.15) is 33.1 Å². The number of ether oxygens (including phenoxy) is 1. The molecule has 0 radical (unpaired) electrons. The Morgan fingerprint density at radius 3 is 1.85 bits per heavy atom. The van der Waals surface area contributed by atoms with Crippen molar-refractivity contribution in [2.24, 2.45) is 5.92 Å². The van der Waals surface area contributed by atoms with Crippen LogP contribution in [0.25, 0.3) is 0 Å². The molecule has 0 saturated heterocycles. The number of sulfonamides is 1. The molecule has 0 bridgehead atoms. The van der Waals surface area contributed by atoms with Gasteiger partial charge in [0.25, 0.3) is 5.91 Å². The van der Waals surface area contributed by atoms with E-state index >= 15 is 0 Å². The number of hydrogen-bond acceptors (Lipinski definition) is 7. The minimum absolute atomic E-state index is 0.0000564. The molecule has 0 heterocycles. The monoisotopic (exact) mass is 496 g/mol. The summed E-state index contributed by atoms with van der Waals surface area (Å²) in [6.45, 7) is 3.84. The summed E-state index contributed by atoms with van der Waals surface area (Å²) in [5.41, 5.74) is 0.321. The van der Waals surface area contributed by atoms with E-state index < -0.39 is 31.3 Å². The summed E-state index contributed by atoms with van der Waals surface area (Å²) >= 11 is 0. The van der Waals surface area contributed by atoms with Crippen LogP contribution in [0, 0.1) is 5.92 Å². The molecule has 1 aliphatic rings. The van der Waals surface area contributed by atoms with Gasteiger partial charge in [-0.05, 0) is 73.7 Å². The van der Waals surface area contributed by atoms with Gasteiger partial charge in [0.2, 0.25) is 10.0 Å². The number of sulfone groups is 1. The summed E-state index contributed by atoms with van der Waals surface area (Å²) in [4.78, 5) is 12.6. The molecule has 0 atom stereocenters. The van der Waals surface area contributed by atoms with Crippen molar-refractivity contribution in [2.75, 3.05) is 12.8 Å². The van der Waals surface area contributed by atoms with Crippen LogP contribution in [-0.2, 0) is 24.7 Å². The second kappa shape index (κ2) is 9.41. The van der Waals surface area contributed by atoms with E-state index in [0.717, 1.165) is 6.26 Å². The van der Waals surface area contributed by atoms with Crippen molar-refractivity contribution in [3.05, 3.63) is 48.5 Å². The lowest BCUT2D eigenvalue weighted by molar-refractivity contribution is -0.144. The quantitative estimate of drug-likeness (QED) is 0.403. The largest absolute Gasteiger partial charge is 0.457 e. The third-order valence-electron chi connectivity index (χ3n) is 5.61. The average molecular weight is 497 g/mol. The van der Waals surface area contributed by atoms with Gasteiger partial charge in [-0.3, -0.25) is 10.0 Å². The molecule has 0 aromatic heterocycles. The lowest BCUT2D eigenvalue weighted by Crippen LogP contribution is -2.64. The summed E-state index contributed by atoms with van der Waals surface area (Å²) in [6.07, 6.45) is 2.46. The Kier molecular flexibility index (Phi) is 7.18. The molecule has 2 aromatic rings. The number of rotatable bonds is 9. The van der Waals surface area contributed by atoms with E-state index in [1.807, 2.05) is 13.8 Å². The molecule has 33 heavy (non-hydrogen) atoms. The summed E-state index contributed by atoms with van der Waals surface area (Å²) in [6, 6.07) is 11.7. The summed E-state index contributed by atoms with van der Waals surface area (Å²) < 4.78 is 57.0. The topological polar surface area (TPSA) is 130 Å². The molecule has 1 saturated carbocycles. The zero-order chi connectivity index (χ0) is 24.4. The van der Waals surface area contributed by atoms with E-state index in [0.29, 0.717) is 30.8 Å². The first-order valence-corrected chi connectivity index (χ1v) is 13.8. The Balaban J connectivity index is 1.86.